The molecular formula is C8H12N6O2. The molecule has 16 heavy (non-hydrogen) atoms. The summed E-state index contributed by atoms with van der Waals surface area (Å²) in [5, 5.41) is 23.7. The molecule has 1 aromatic rings. The van der Waals surface area contributed by atoms with E-state index in [4.69, 9.17) is 10.9 Å². The predicted molar refractivity (Wildman–Crippen MR) is 53.8 cm³/mol. The Morgan fingerprint density at radius 1 is 1.75 bits per heavy atom. The van der Waals surface area contributed by atoms with Gasteiger partial charge in [0, 0.05) is 0 Å². The van der Waals surface area contributed by atoms with E-state index in [0.717, 1.165) is 12.8 Å². The number of nitrogens with two attached hydrogens (primary N) is 1. The van der Waals surface area contributed by atoms with Crippen LogP contribution in [0.3, 0.4) is 0 Å². The number of amidine groups is 1. The van der Waals surface area contributed by atoms with Crippen LogP contribution in [0.25, 0.3) is 0 Å². The van der Waals surface area contributed by atoms with Crippen LogP contribution in [-0.4, -0.2) is 38.4 Å². The molecule has 86 valence electrons. The van der Waals surface area contributed by atoms with Crippen LogP contribution in [0.1, 0.15) is 23.3 Å². The van der Waals surface area contributed by atoms with Crippen molar-refractivity contribution >= 4 is 11.7 Å². The van der Waals surface area contributed by atoms with E-state index in [-0.39, 0.29) is 17.4 Å². The van der Waals surface area contributed by atoms with Crippen molar-refractivity contribution in [2.24, 2.45) is 16.8 Å². The molecule has 0 radical (unpaired) electrons. The Labute approximate surface area is 90.9 Å². The number of nitrogens with one attached hydrogen (secondary N) is 2. The maximum atomic E-state index is 11.6. The molecule has 1 heterocycles. The average Bonchev–Trinajstić information content (AvgIpc) is 2.98. The number of carbonyl (C=O) groups is 1. The van der Waals surface area contributed by atoms with Crippen molar-refractivity contribution in [1.82, 2.24) is 20.7 Å². The SMILES string of the molecule is NC(=NO)C(NC(=O)c1cn[nH]n1)C1CC1. The monoisotopic (exact) mass is 224 g/mol. The summed E-state index contributed by atoms with van der Waals surface area (Å²) in [6.45, 7) is 0. The highest BCUT2D eigenvalue weighted by Gasteiger charge is 2.35. The summed E-state index contributed by atoms with van der Waals surface area (Å²) in [5.74, 6) is -0.136. The summed E-state index contributed by atoms with van der Waals surface area (Å²) in [6.07, 6.45) is 3.23. The minimum atomic E-state index is -0.436. The van der Waals surface area contributed by atoms with Crippen molar-refractivity contribution in [1.29, 1.82) is 0 Å². The molecule has 1 saturated carbocycles. The van der Waals surface area contributed by atoms with Gasteiger partial charge in [0.05, 0.1) is 12.2 Å². The first-order chi connectivity index (χ1) is 7.72. The van der Waals surface area contributed by atoms with Gasteiger partial charge < -0.3 is 16.3 Å². The molecule has 8 nitrogen and oxygen atoms in total. The van der Waals surface area contributed by atoms with E-state index in [1.54, 1.807) is 0 Å². The van der Waals surface area contributed by atoms with Gasteiger partial charge in [-0.25, -0.2) is 0 Å². The molecule has 0 saturated heterocycles. The lowest BCUT2D eigenvalue weighted by Crippen LogP contribution is -2.46. The lowest BCUT2D eigenvalue weighted by atomic mass is 10.1. The van der Waals surface area contributed by atoms with Crippen LogP contribution in [-0.2, 0) is 0 Å². The molecule has 0 bridgehead atoms. The third kappa shape index (κ3) is 2.10. The summed E-state index contributed by atoms with van der Waals surface area (Å²) < 4.78 is 0. The third-order valence-corrected chi connectivity index (χ3v) is 2.46. The van der Waals surface area contributed by atoms with Gasteiger partial charge in [-0.2, -0.15) is 15.4 Å². The van der Waals surface area contributed by atoms with Gasteiger partial charge in [-0.1, -0.05) is 5.16 Å². The van der Waals surface area contributed by atoms with Gasteiger partial charge in [-0.3, -0.25) is 4.79 Å². The number of aromatic nitrogens is 3. The fraction of sp³-hybridized carbons (Fsp3) is 0.500. The van der Waals surface area contributed by atoms with E-state index in [9.17, 15) is 4.79 Å². The van der Waals surface area contributed by atoms with E-state index in [1.807, 2.05) is 0 Å². The van der Waals surface area contributed by atoms with Gasteiger partial charge in [0.2, 0.25) is 0 Å². The van der Waals surface area contributed by atoms with Crippen LogP contribution in [0.2, 0.25) is 0 Å². The molecule has 1 amide bonds. The largest absolute Gasteiger partial charge is 0.409 e. The average molecular weight is 224 g/mol. The first-order valence-electron chi connectivity index (χ1n) is 4.86. The van der Waals surface area contributed by atoms with Gasteiger partial charge in [-0.05, 0) is 18.8 Å². The highest BCUT2D eigenvalue weighted by molar-refractivity contribution is 5.96. The van der Waals surface area contributed by atoms with Crippen molar-refractivity contribution < 1.29 is 10.0 Å². The zero-order valence-corrected chi connectivity index (χ0v) is 8.42. The van der Waals surface area contributed by atoms with Gasteiger partial charge in [0.25, 0.3) is 5.91 Å². The lowest BCUT2D eigenvalue weighted by Gasteiger charge is -2.15. The molecule has 1 fully saturated rings. The maximum Gasteiger partial charge on any atom is 0.274 e. The number of hydrogen-bond donors (Lipinski definition) is 4. The van der Waals surface area contributed by atoms with Crippen molar-refractivity contribution in [2.45, 2.75) is 18.9 Å². The minimum Gasteiger partial charge on any atom is -0.409 e. The quantitative estimate of drug-likeness (QED) is 0.227. The Morgan fingerprint density at radius 2 is 2.50 bits per heavy atom. The van der Waals surface area contributed by atoms with Crippen molar-refractivity contribution in [3.8, 4) is 0 Å². The number of H-pyrrole nitrogens is 1. The normalized spacial score (nSPS) is 18.1. The number of oxime groups is 1. The van der Waals surface area contributed by atoms with Crippen molar-refractivity contribution in [3.05, 3.63) is 11.9 Å². The van der Waals surface area contributed by atoms with Crippen LogP contribution in [0.15, 0.2) is 11.4 Å². The Balaban J connectivity index is 2.03. The molecule has 2 rings (SSSR count). The molecular weight excluding hydrogens is 212 g/mol. The van der Waals surface area contributed by atoms with Gasteiger partial charge in [-0.15, -0.1) is 0 Å². The van der Waals surface area contributed by atoms with E-state index in [0.29, 0.717) is 0 Å². The van der Waals surface area contributed by atoms with Crippen LogP contribution >= 0.6 is 0 Å². The van der Waals surface area contributed by atoms with E-state index >= 15 is 0 Å². The second-order valence-electron chi connectivity index (χ2n) is 3.67. The minimum absolute atomic E-state index is 0.0133. The second-order valence-corrected chi connectivity index (χ2v) is 3.67. The van der Waals surface area contributed by atoms with Gasteiger partial charge in [0.1, 0.15) is 0 Å². The summed E-state index contributed by atoms with van der Waals surface area (Å²) in [5.41, 5.74) is 5.68. The molecule has 5 N–H and O–H groups in total. The van der Waals surface area contributed by atoms with E-state index in [1.165, 1.54) is 6.20 Å². The first kappa shape index (κ1) is 10.4. The number of carbonyl (C=O) groups excluding carboxylic acids is 1. The Morgan fingerprint density at radius 3 is 3.00 bits per heavy atom. The number of amides is 1. The molecule has 1 aliphatic carbocycles. The maximum absolute atomic E-state index is 11.6. The molecule has 0 spiro atoms. The van der Waals surface area contributed by atoms with Gasteiger partial charge in [0.15, 0.2) is 11.5 Å². The molecule has 0 aliphatic heterocycles. The van der Waals surface area contributed by atoms with E-state index < -0.39 is 11.9 Å². The lowest BCUT2D eigenvalue weighted by molar-refractivity contribution is 0.0938. The second kappa shape index (κ2) is 4.17. The number of hydrogen-bond acceptors (Lipinski definition) is 5. The zero-order valence-electron chi connectivity index (χ0n) is 8.42. The Kier molecular flexibility index (Phi) is 2.71. The topological polar surface area (TPSA) is 129 Å². The fourth-order valence-corrected chi connectivity index (χ4v) is 1.45. The summed E-state index contributed by atoms with van der Waals surface area (Å²) in [4.78, 5) is 11.6. The highest BCUT2D eigenvalue weighted by Crippen LogP contribution is 2.32. The third-order valence-electron chi connectivity index (χ3n) is 2.46. The first-order valence-corrected chi connectivity index (χ1v) is 4.86. The van der Waals surface area contributed by atoms with Crippen LogP contribution in [0, 0.1) is 5.92 Å². The summed E-state index contributed by atoms with van der Waals surface area (Å²) in [6, 6.07) is -0.436. The summed E-state index contributed by atoms with van der Waals surface area (Å²) in [7, 11) is 0. The molecule has 1 aliphatic rings. The highest BCUT2D eigenvalue weighted by atomic mass is 16.4. The van der Waals surface area contributed by atoms with Gasteiger partial charge >= 0.3 is 0 Å². The standard InChI is InChI=1S/C8H12N6O2/c9-7(13-16)6(4-1-2-4)11-8(15)5-3-10-14-12-5/h3-4,6,16H,1-2H2,(H2,9,13)(H,11,15)(H,10,12,14). The molecule has 1 unspecified atom stereocenters. The van der Waals surface area contributed by atoms with E-state index in [2.05, 4.69) is 25.9 Å². The molecule has 8 heteroatoms. The smallest absolute Gasteiger partial charge is 0.274 e. The van der Waals surface area contributed by atoms with Crippen molar-refractivity contribution in [3.63, 3.8) is 0 Å². The van der Waals surface area contributed by atoms with Crippen LogP contribution < -0.4 is 11.1 Å². The molecule has 1 aromatic heterocycles. The van der Waals surface area contributed by atoms with Crippen LogP contribution in [0.4, 0.5) is 0 Å². The number of aromatic amines is 1. The number of nitrogens with zero attached hydrogens (tertiary/aromatic N) is 3. The summed E-state index contributed by atoms with van der Waals surface area (Å²) >= 11 is 0. The molecule has 1 atom stereocenters. The molecule has 0 aromatic carbocycles. The number of rotatable bonds is 4. The Hall–Kier alpha value is -2.12. The zero-order chi connectivity index (χ0) is 11.5. The Bertz CT molecular complexity index is 397. The predicted octanol–water partition coefficient (Wildman–Crippen LogP) is -0.941. The fourth-order valence-electron chi connectivity index (χ4n) is 1.45. The van der Waals surface area contributed by atoms with Crippen molar-refractivity contribution in [2.75, 3.05) is 0 Å². The van der Waals surface area contributed by atoms with Crippen LogP contribution in [0.5, 0.6) is 0 Å².